The Bertz CT molecular complexity index is 337. The third-order valence-corrected chi connectivity index (χ3v) is 4.10. The van der Waals surface area contributed by atoms with E-state index in [9.17, 15) is 0 Å². The van der Waals surface area contributed by atoms with Crippen LogP contribution in [0.25, 0.3) is 0 Å². The summed E-state index contributed by atoms with van der Waals surface area (Å²) in [5, 5.41) is 0. The highest BCUT2D eigenvalue weighted by atomic mass is 15.3. The number of hydrogen-bond acceptors (Lipinski definition) is 3. The standard InChI is InChI=1S/C13H19N3/c1-15-12-4-2-5-13(15)10-16(9-12)11-6-3-7-14-8-11/h3,6-8,12-13H,2,4-5,9-10H2,1H3. The molecule has 0 aromatic carbocycles. The zero-order valence-corrected chi connectivity index (χ0v) is 9.84. The maximum atomic E-state index is 4.22. The van der Waals surface area contributed by atoms with Gasteiger partial charge >= 0.3 is 0 Å². The molecule has 2 fully saturated rings. The van der Waals surface area contributed by atoms with E-state index in [1.54, 1.807) is 0 Å². The molecule has 0 saturated carbocycles. The summed E-state index contributed by atoms with van der Waals surface area (Å²) in [7, 11) is 2.29. The molecule has 2 saturated heterocycles. The summed E-state index contributed by atoms with van der Waals surface area (Å²) in [6.45, 7) is 2.33. The number of fused-ring (bicyclic) bond motifs is 2. The third-order valence-electron chi connectivity index (χ3n) is 4.10. The van der Waals surface area contributed by atoms with Gasteiger partial charge in [0, 0.05) is 31.4 Å². The number of aromatic nitrogens is 1. The van der Waals surface area contributed by atoms with Gasteiger partial charge in [-0.3, -0.25) is 9.88 Å². The molecule has 0 N–H and O–H groups in total. The molecule has 86 valence electrons. The second kappa shape index (κ2) is 4.06. The number of anilines is 1. The Hall–Kier alpha value is -1.09. The highest BCUT2D eigenvalue weighted by molar-refractivity contribution is 5.44. The quantitative estimate of drug-likeness (QED) is 0.714. The van der Waals surface area contributed by atoms with Crippen molar-refractivity contribution in [2.24, 2.45) is 0 Å². The van der Waals surface area contributed by atoms with Gasteiger partial charge < -0.3 is 4.90 Å². The maximum absolute atomic E-state index is 4.22. The summed E-state index contributed by atoms with van der Waals surface area (Å²) in [4.78, 5) is 9.30. The molecule has 0 aliphatic carbocycles. The van der Waals surface area contributed by atoms with Gasteiger partial charge in [-0.2, -0.15) is 0 Å². The van der Waals surface area contributed by atoms with Gasteiger partial charge in [-0.05, 0) is 32.0 Å². The molecule has 1 aromatic rings. The molecule has 2 bridgehead atoms. The zero-order chi connectivity index (χ0) is 11.0. The molecule has 1 aromatic heterocycles. The summed E-state index contributed by atoms with van der Waals surface area (Å²) in [5.41, 5.74) is 1.28. The van der Waals surface area contributed by atoms with Crippen molar-refractivity contribution in [3.05, 3.63) is 24.5 Å². The van der Waals surface area contributed by atoms with Crippen LogP contribution in [0.2, 0.25) is 0 Å². The zero-order valence-electron chi connectivity index (χ0n) is 9.84. The van der Waals surface area contributed by atoms with E-state index in [0.29, 0.717) is 0 Å². The van der Waals surface area contributed by atoms with Crippen LogP contribution in [0.15, 0.2) is 24.5 Å². The monoisotopic (exact) mass is 217 g/mol. The summed E-state index contributed by atoms with van der Waals surface area (Å²) in [5.74, 6) is 0. The van der Waals surface area contributed by atoms with Crippen LogP contribution < -0.4 is 4.90 Å². The summed E-state index contributed by atoms with van der Waals surface area (Å²) in [6.07, 6.45) is 7.94. The SMILES string of the molecule is CN1C2CCCC1CN(c1cccnc1)C2. The first kappa shape index (κ1) is 10.1. The van der Waals surface area contributed by atoms with Crippen LogP contribution in [0, 0.1) is 0 Å². The minimum absolute atomic E-state index is 0.743. The van der Waals surface area contributed by atoms with Crippen molar-refractivity contribution in [3.63, 3.8) is 0 Å². The fourth-order valence-corrected chi connectivity index (χ4v) is 3.07. The van der Waals surface area contributed by atoms with Gasteiger partial charge in [-0.25, -0.2) is 0 Å². The average Bonchev–Trinajstić information content (AvgIpc) is 2.30. The summed E-state index contributed by atoms with van der Waals surface area (Å²) >= 11 is 0. The van der Waals surface area contributed by atoms with Crippen molar-refractivity contribution in [2.75, 3.05) is 25.0 Å². The van der Waals surface area contributed by atoms with Crippen LogP contribution in [0.5, 0.6) is 0 Å². The van der Waals surface area contributed by atoms with Crippen molar-refractivity contribution >= 4 is 5.69 Å². The second-order valence-corrected chi connectivity index (χ2v) is 5.02. The van der Waals surface area contributed by atoms with E-state index < -0.39 is 0 Å². The second-order valence-electron chi connectivity index (χ2n) is 5.02. The Balaban J connectivity index is 1.80. The molecule has 3 heterocycles. The van der Waals surface area contributed by atoms with Crippen molar-refractivity contribution < 1.29 is 0 Å². The molecule has 2 aliphatic heterocycles. The highest BCUT2D eigenvalue weighted by Gasteiger charge is 2.34. The van der Waals surface area contributed by atoms with Gasteiger partial charge in [0.2, 0.25) is 0 Å². The van der Waals surface area contributed by atoms with E-state index in [1.807, 2.05) is 18.5 Å². The Kier molecular flexibility index (Phi) is 2.56. The normalized spacial score (nSPS) is 30.4. The third kappa shape index (κ3) is 1.69. The van der Waals surface area contributed by atoms with Crippen LogP contribution in [-0.4, -0.2) is 42.1 Å². The molecule has 2 aliphatic rings. The van der Waals surface area contributed by atoms with Crippen LogP contribution in [0.4, 0.5) is 5.69 Å². The Labute approximate surface area is 97.1 Å². The molecule has 0 spiro atoms. The minimum atomic E-state index is 0.743. The minimum Gasteiger partial charge on any atom is -0.367 e. The first-order valence-electron chi connectivity index (χ1n) is 6.21. The van der Waals surface area contributed by atoms with Gasteiger partial charge in [0.1, 0.15) is 0 Å². The lowest BCUT2D eigenvalue weighted by Crippen LogP contribution is -2.59. The number of piperidine rings is 1. The largest absolute Gasteiger partial charge is 0.367 e. The van der Waals surface area contributed by atoms with Crippen molar-refractivity contribution in [1.29, 1.82) is 0 Å². The molecule has 3 heteroatoms. The number of likely N-dealkylation sites (N-methyl/N-ethyl adjacent to an activating group) is 1. The molecular weight excluding hydrogens is 198 g/mol. The predicted molar refractivity (Wildman–Crippen MR) is 65.6 cm³/mol. The number of rotatable bonds is 1. The lowest BCUT2D eigenvalue weighted by Gasteiger charge is -2.49. The Morgan fingerprint density at radius 2 is 2.00 bits per heavy atom. The lowest BCUT2D eigenvalue weighted by atomic mass is 9.92. The maximum Gasteiger partial charge on any atom is 0.0553 e. The molecular formula is C13H19N3. The predicted octanol–water partition coefficient (Wildman–Crippen LogP) is 1.75. The van der Waals surface area contributed by atoms with E-state index in [-0.39, 0.29) is 0 Å². The molecule has 16 heavy (non-hydrogen) atoms. The number of hydrogen-bond donors (Lipinski definition) is 0. The van der Waals surface area contributed by atoms with Gasteiger partial charge in [0.25, 0.3) is 0 Å². The molecule has 3 rings (SSSR count). The van der Waals surface area contributed by atoms with E-state index in [4.69, 9.17) is 0 Å². The van der Waals surface area contributed by atoms with E-state index in [2.05, 4.69) is 27.9 Å². The molecule has 0 radical (unpaired) electrons. The Morgan fingerprint density at radius 3 is 2.62 bits per heavy atom. The fraction of sp³-hybridized carbons (Fsp3) is 0.615. The molecule has 2 unspecified atom stereocenters. The van der Waals surface area contributed by atoms with Gasteiger partial charge in [0.15, 0.2) is 0 Å². The molecule has 3 nitrogen and oxygen atoms in total. The smallest absolute Gasteiger partial charge is 0.0553 e. The summed E-state index contributed by atoms with van der Waals surface area (Å²) < 4.78 is 0. The topological polar surface area (TPSA) is 19.4 Å². The molecule has 0 amide bonds. The summed E-state index contributed by atoms with van der Waals surface area (Å²) in [6, 6.07) is 5.69. The van der Waals surface area contributed by atoms with Crippen molar-refractivity contribution in [1.82, 2.24) is 9.88 Å². The van der Waals surface area contributed by atoms with Crippen LogP contribution in [-0.2, 0) is 0 Å². The van der Waals surface area contributed by atoms with E-state index >= 15 is 0 Å². The van der Waals surface area contributed by atoms with E-state index in [0.717, 1.165) is 12.1 Å². The number of piperazine rings is 1. The molecule has 2 atom stereocenters. The van der Waals surface area contributed by atoms with Crippen molar-refractivity contribution in [2.45, 2.75) is 31.3 Å². The van der Waals surface area contributed by atoms with Crippen LogP contribution in [0.1, 0.15) is 19.3 Å². The first-order chi connectivity index (χ1) is 7.84. The van der Waals surface area contributed by atoms with E-state index in [1.165, 1.54) is 38.0 Å². The van der Waals surface area contributed by atoms with Crippen LogP contribution >= 0.6 is 0 Å². The average molecular weight is 217 g/mol. The van der Waals surface area contributed by atoms with Crippen molar-refractivity contribution in [3.8, 4) is 0 Å². The van der Waals surface area contributed by atoms with Crippen LogP contribution in [0.3, 0.4) is 0 Å². The Morgan fingerprint density at radius 1 is 1.25 bits per heavy atom. The number of nitrogens with zero attached hydrogens (tertiary/aromatic N) is 3. The lowest BCUT2D eigenvalue weighted by molar-refractivity contribution is 0.0950. The van der Waals surface area contributed by atoms with Gasteiger partial charge in [-0.15, -0.1) is 0 Å². The highest BCUT2D eigenvalue weighted by Crippen LogP contribution is 2.29. The fourth-order valence-electron chi connectivity index (χ4n) is 3.07. The number of pyridine rings is 1. The first-order valence-corrected chi connectivity index (χ1v) is 6.21. The van der Waals surface area contributed by atoms with Gasteiger partial charge in [-0.1, -0.05) is 6.42 Å². The van der Waals surface area contributed by atoms with Gasteiger partial charge in [0.05, 0.1) is 11.9 Å².